The van der Waals surface area contributed by atoms with Gasteiger partial charge in [0, 0.05) is 5.56 Å². The maximum atomic E-state index is 9.89. The van der Waals surface area contributed by atoms with Gasteiger partial charge in [0.05, 0.1) is 25.0 Å². The normalized spacial score (nSPS) is 14.0. The highest BCUT2D eigenvalue weighted by Crippen LogP contribution is 2.40. The van der Waals surface area contributed by atoms with Gasteiger partial charge in [-0.1, -0.05) is 11.2 Å². The smallest absolute Gasteiger partial charge is 0.230 e. The maximum Gasteiger partial charge on any atom is 0.230 e. The predicted octanol–water partition coefficient (Wildman–Crippen LogP) is 1.66. The molecule has 0 atom stereocenters. The number of rotatable bonds is 1. The summed E-state index contributed by atoms with van der Waals surface area (Å²) >= 11 is 0. The second-order valence-electron chi connectivity index (χ2n) is 3.69. The lowest BCUT2D eigenvalue weighted by atomic mass is 9.98. The molecule has 5 nitrogen and oxygen atoms in total. The zero-order valence-corrected chi connectivity index (χ0v) is 8.43. The average Bonchev–Trinajstić information content (AvgIpc) is 2.87. The first-order chi connectivity index (χ1) is 7.77. The Morgan fingerprint density at radius 1 is 1.31 bits per heavy atom. The maximum absolute atomic E-state index is 9.89. The van der Waals surface area contributed by atoms with Crippen LogP contribution in [0.15, 0.2) is 22.9 Å². The van der Waals surface area contributed by atoms with Crippen LogP contribution in [0.2, 0.25) is 0 Å². The molecule has 1 aromatic carbocycles. The van der Waals surface area contributed by atoms with Crippen LogP contribution in [0.1, 0.15) is 11.1 Å². The lowest BCUT2D eigenvalue weighted by Crippen LogP contribution is -1.91. The summed E-state index contributed by atoms with van der Waals surface area (Å²) in [4.78, 5) is 0. The third-order valence-electron chi connectivity index (χ3n) is 2.76. The van der Waals surface area contributed by atoms with E-state index in [2.05, 4.69) is 5.16 Å². The van der Waals surface area contributed by atoms with E-state index in [1.807, 2.05) is 6.07 Å². The molecular formula is C11H10N2O3. The average molecular weight is 218 g/mol. The molecule has 0 aliphatic carbocycles. The third-order valence-corrected chi connectivity index (χ3v) is 2.76. The molecule has 1 aliphatic rings. The van der Waals surface area contributed by atoms with Gasteiger partial charge in [-0.05, 0) is 17.2 Å². The number of aromatic hydroxyl groups is 1. The van der Waals surface area contributed by atoms with Crippen LogP contribution in [-0.2, 0) is 18.0 Å². The van der Waals surface area contributed by atoms with Crippen molar-refractivity contribution in [3.8, 4) is 16.9 Å². The van der Waals surface area contributed by atoms with Crippen molar-refractivity contribution in [1.82, 2.24) is 5.16 Å². The van der Waals surface area contributed by atoms with Gasteiger partial charge in [0.1, 0.15) is 5.75 Å². The van der Waals surface area contributed by atoms with E-state index in [-0.39, 0.29) is 11.6 Å². The van der Waals surface area contributed by atoms with Crippen LogP contribution < -0.4 is 5.73 Å². The van der Waals surface area contributed by atoms with E-state index in [0.29, 0.717) is 24.3 Å². The lowest BCUT2D eigenvalue weighted by Gasteiger charge is -2.07. The number of fused-ring (bicyclic) bond motifs is 1. The van der Waals surface area contributed by atoms with E-state index in [1.165, 1.54) is 6.20 Å². The van der Waals surface area contributed by atoms with Crippen LogP contribution in [0.4, 0.5) is 5.88 Å². The molecule has 5 heteroatoms. The molecule has 0 saturated heterocycles. The Morgan fingerprint density at radius 3 is 2.94 bits per heavy atom. The minimum atomic E-state index is 0.166. The van der Waals surface area contributed by atoms with Gasteiger partial charge in [-0.15, -0.1) is 0 Å². The molecule has 0 saturated carbocycles. The van der Waals surface area contributed by atoms with Crippen molar-refractivity contribution in [2.24, 2.45) is 0 Å². The van der Waals surface area contributed by atoms with Gasteiger partial charge in [-0.2, -0.15) is 0 Å². The van der Waals surface area contributed by atoms with E-state index in [1.54, 1.807) is 6.07 Å². The van der Waals surface area contributed by atoms with Crippen molar-refractivity contribution in [2.75, 3.05) is 5.73 Å². The number of anilines is 1. The van der Waals surface area contributed by atoms with E-state index in [9.17, 15) is 5.11 Å². The van der Waals surface area contributed by atoms with Gasteiger partial charge in [-0.3, -0.25) is 0 Å². The van der Waals surface area contributed by atoms with Crippen LogP contribution in [0.25, 0.3) is 11.1 Å². The van der Waals surface area contributed by atoms with Crippen LogP contribution >= 0.6 is 0 Å². The fraction of sp³-hybridized carbons (Fsp3) is 0.182. The van der Waals surface area contributed by atoms with Gasteiger partial charge >= 0.3 is 0 Å². The molecule has 3 N–H and O–H groups in total. The predicted molar refractivity (Wildman–Crippen MR) is 56.5 cm³/mol. The van der Waals surface area contributed by atoms with E-state index in [0.717, 1.165) is 11.1 Å². The fourth-order valence-electron chi connectivity index (χ4n) is 1.98. The molecule has 16 heavy (non-hydrogen) atoms. The summed E-state index contributed by atoms with van der Waals surface area (Å²) in [5.41, 5.74) is 8.94. The summed E-state index contributed by atoms with van der Waals surface area (Å²) in [6.07, 6.45) is 1.50. The molecule has 82 valence electrons. The minimum absolute atomic E-state index is 0.166. The van der Waals surface area contributed by atoms with Gasteiger partial charge in [0.15, 0.2) is 0 Å². The Kier molecular flexibility index (Phi) is 1.87. The van der Waals surface area contributed by atoms with Crippen LogP contribution in [-0.4, -0.2) is 10.3 Å². The van der Waals surface area contributed by atoms with Crippen molar-refractivity contribution in [3.05, 3.63) is 29.5 Å². The second-order valence-corrected chi connectivity index (χ2v) is 3.69. The quantitative estimate of drug-likeness (QED) is 0.760. The van der Waals surface area contributed by atoms with Gasteiger partial charge < -0.3 is 20.1 Å². The Labute approximate surface area is 91.4 Å². The Morgan fingerprint density at radius 2 is 2.19 bits per heavy atom. The van der Waals surface area contributed by atoms with E-state index >= 15 is 0 Å². The third kappa shape index (κ3) is 1.18. The van der Waals surface area contributed by atoms with E-state index in [4.69, 9.17) is 15.0 Å². The van der Waals surface area contributed by atoms with Crippen molar-refractivity contribution in [2.45, 2.75) is 13.2 Å². The van der Waals surface area contributed by atoms with Gasteiger partial charge in [0.2, 0.25) is 5.88 Å². The highest BCUT2D eigenvalue weighted by atomic mass is 16.5. The topological polar surface area (TPSA) is 81.5 Å². The van der Waals surface area contributed by atoms with Crippen molar-refractivity contribution >= 4 is 5.88 Å². The number of phenols is 1. The molecule has 1 aromatic heterocycles. The van der Waals surface area contributed by atoms with Crippen LogP contribution in [0.3, 0.4) is 0 Å². The first kappa shape index (κ1) is 9.23. The summed E-state index contributed by atoms with van der Waals surface area (Å²) < 4.78 is 10.2. The SMILES string of the molecule is Nc1oncc1-c1c(O)ccc2c1COC2. The number of phenolic OH excluding ortho intramolecular Hbond substituents is 1. The Bertz CT molecular complexity index is 548. The summed E-state index contributed by atoms with van der Waals surface area (Å²) in [5.74, 6) is 0.370. The van der Waals surface area contributed by atoms with Gasteiger partial charge in [-0.25, -0.2) is 0 Å². The number of hydrogen-bond donors (Lipinski definition) is 2. The number of aromatic nitrogens is 1. The summed E-state index contributed by atoms with van der Waals surface area (Å²) in [5, 5.41) is 13.5. The minimum Gasteiger partial charge on any atom is -0.507 e. The molecule has 0 fully saturated rings. The van der Waals surface area contributed by atoms with Crippen LogP contribution in [0.5, 0.6) is 5.75 Å². The number of nitrogens with two attached hydrogens (primary N) is 1. The fourth-order valence-corrected chi connectivity index (χ4v) is 1.98. The Hall–Kier alpha value is -2.01. The van der Waals surface area contributed by atoms with Crippen molar-refractivity contribution in [1.29, 1.82) is 0 Å². The number of hydrogen-bond acceptors (Lipinski definition) is 5. The first-order valence-electron chi connectivity index (χ1n) is 4.89. The molecule has 0 unspecified atom stereocenters. The summed E-state index contributed by atoms with van der Waals surface area (Å²) in [6.45, 7) is 1.04. The zero-order chi connectivity index (χ0) is 11.1. The number of ether oxygens (including phenoxy) is 1. The van der Waals surface area contributed by atoms with Gasteiger partial charge in [0.25, 0.3) is 0 Å². The molecular weight excluding hydrogens is 208 g/mol. The van der Waals surface area contributed by atoms with Crippen molar-refractivity contribution < 1.29 is 14.4 Å². The van der Waals surface area contributed by atoms with Crippen molar-refractivity contribution in [3.63, 3.8) is 0 Å². The zero-order valence-electron chi connectivity index (χ0n) is 8.43. The summed E-state index contributed by atoms with van der Waals surface area (Å²) in [6, 6.07) is 3.49. The van der Waals surface area contributed by atoms with E-state index < -0.39 is 0 Å². The molecule has 1 aliphatic heterocycles. The molecule has 2 heterocycles. The summed E-state index contributed by atoms with van der Waals surface area (Å²) in [7, 11) is 0. The second kappa shape index (κ2) is 3.24. The lowest BCUT2D eigenvalue weighted by molar-refractivity contribution is 0.134. The molecule has 0 amide bonds. The standard InChI is InChI=1S/C11H10N2O3/c12-11-7(3-13-16-11)10-8-5-15-4-6(8)1-2-9(10)14/h1-3,14H,4-5,12H2. The van der Waals surface area contributed by atoms with Crippen LogP contribution in [0, 0.1) is 0 Å². The largest absolute Gasteiger partial charge is 0.507 e. The number of nitrogens with zero attached hydrogens (tertiary/aromatic N) is 1. The molecule has 0 radical (unpaired) electrons. The molecule has 2 aromatic rings. The highest BCUT2D eigenvalue weighted by Gasteiger charge is 2.22. The Balaban J connectivity index is 2.28. The molecule has 0 spiro atoms. The number of nitrogen functional groups attached to an aromatic ring is 1. The highest BCUT2D eigenvalue weighted by molar-refractivity contribution is 5.80. The monoisotopic (exact) mass is 218 g/mol. The first-order valence-corrected chi connectivity index (χ1v) is 4.89. The molecule has 3 rings (SSSR count). The number of benzene rings is 1. The molecule has 0 bridgehead atoms.